The number of hydrogen-bond acceptors (Lipinski definition) is 3. The maximum Gasteiger partial charge on any atom is 0.0633 e. The van der Waals surface area contributed by atoms with Gasteiger partial charge in [-0.3, -0.25) is 0 Å². The van der Waals surface area contributed by atoms with Crippen LogP contribution in [0.15, 0.2) is 0 Å². The first kappa shape index (κ1) is 23.1. The lowest BCUT2D eigenvalue weighted by Crippen LogP contribution is -2.47. The fourth-order valence-electron chi connectivity index (χ4n) is 3.56. The van der Waals surface area contributed by atoms with E-state index < -0.39 is 13.6 Å². The Morgan fingerprint density at radius 1 is 0.826 bits per heavy atom. The molecule has 0 aliphatic carbocycles. The largest absolute Gasteiger partial charge is 0.394 e. The fourth-order valence-corrected chi connectivity index (χ4v) is 7.18. The Morgan fingerprint density at radius 3 is 1.70 bits per heavy atom. The molecule has 4 N–H and O–H groups in total. The molecule has 0 aromatic carbocycles. The molecular weight excluding hydrogens is 302 g/mol. The SMILES string of the molecule is CC(C)C[Si](C)(C)CCCCCCCCCCC(N)(CO)CO. The number of aliphatic hydroxyl groups excluding tert-OH is 2. The predicted octanol–water partition coefficient (Wildman–Crippen LogP) is 4.54. The minimum absolute atomic E-state index is 0.125. The van der Waals surface area contributed by atoms with Crippen molar-refractivity contribution in [3.63, 3.8) is 0 Å². The first-order valence-electron chi connectivity index (χ1n) is 9.75. The van der Waals surface area contributed by atoms with E-state index in [1.165, 1.54) is 50.6 Å². The van der Waals surface area contributed by atoms with Crippen LogP contribution < -0.4 is 5.73 Å². The summed E-state index contributed by atoms with van der Waals surface area (Å²) in [6.45, 7) is 9.54. The maximum atomic E-state index is 9.13. The van der Waals surface area contributed by atoms with E-state index in [0.717, 1.165) is 25.2 Å². The van der Waals surface area contributed by atoms with Crippen molar-refractivity contribution in [2.45, 2.75) is 102 Å². The summed E-state index contributed by atoms with van der Waals surface area (Å²) in [6, 6.07) is 2.96. The average Bonchev–Trinajstić information content (AvgIpc) is 2.47. The average molecular weight is 346 g/mol. The van der Waals surface area contributed by atoms with Crippen LogP contribution in [0.3, 0.4) is 0 Å². The molecule has 0 unspecified atom stereocenters. The van der Waals surface area contributed by atoms with E-state index in [9.17, 15) is 0 Å². The Balaban J connectivity index is 3.44. The first-order chi connectivity index (χ1) is 10.7. The van der Waals surface area contributed by atoms with Crippen molar-refractivity contribution >= 4 is 8.07 Å². The van der Waals surface area contributed by atoms with Gasteiger partial charge in [-0.1, -0.05) is 90.4 Å². The third-order valence-electron chi connectivity index (χ3n) is 4.87. The van der Waals surface area contributed by atoms with Crippen LogP contribution in [0.2, 0.25) is 25.2 Å². The third-order valence-corrected chi connectivity index (χ3v) is 8.50. The molecule has 23 heavy (non-hydrogen) atoms. The van der Waals surface area contributed by atoms with Gasteiger partial charge in [0.05, 0.1) is 18.8 Å². The van der Waals surface area contributed by atoms with Crippen molar-refractivity contribution in [2.75, 3.05) is 13.2 Å². The molecule has 0 aliphatic heterocycles. The number of hydrogen-bond donors (Lipinski definition) is 3. The molecule has 0 fully saturated rings. The zero-order valence-corrected chi connectivity index (χ0v) is 17.2. The lowest BCUT2D eigenvalue weighted by atomic mass is 9.94. The van der Waals surface area contributed by atoms with Crippen LogP contribution in [0.1, 0.15) is 71.6 Å². The fraction of sp³-hybridized carbons (Fsp3) is 1.00. The molecule has 4 heteroatoms. The minimum Gasteiger partial charge on any atom is -0.394 e. The third kappa shape index (κ3) is 13.1. The molecule has 140 valence electrons. The molecule has 0 atom stereocenters. The van der Waals surface area contributed by atoms with E-state index in [0.29, 0.717) is 0 Å². The van der Waals surface area contributed by atoms with Gasteiger partial charge in [0.2, 0.25) is 0 Å². The molecule has 0 heterocycles. The molecule has 0 aliphatic rings. The molecule has 0 spiro atoms. The molecule has 0 radical (unpaired) electrons. The zero-order chi connectivity index (χ0) is 17.8. The van der Waals surface area contributed by atoms with Gasteiger partial charge in [-0.05, 0) is 12.3 Å². The normalized spacial score (nSPS) is 13.0. The first-order valence-corrected chi connectivity index (χ1v) is 13.2. The highest BCUT2D eigenvalue weighted by Crippen LogP contribution is 2.24. The van der Waals surface area contributed by atoms with Crippen LogP contribution in [0.25, 0.3) is 0 Å². The van der Waals surface area contributed by atoms with E-state index in [1.54, 1.807) is 0 Å². The number of aliphatic hydroxyl groups is 2. The standard InChI is InChI=1S/C19H43NO2Si/c1-18(2)15-23(3,4)14-12-10-8-6-5-7-9-11-13-19(20,16-21)17-22/h18,21-22H,5-17,20H2,1-4H3. The minimum atomic E-state index is -0.931. The highest BCUT2D eigenvalue weighted by Gasteiger charge is 2.22. The van der Waals surface area contributed by atoms with Gasteiger partial charge in [0.1, 0.15) is 0 Å². The van der Waals surface area contributed by atoms with Crippen molar-refractivity contribution in [3.8, 4) is 0 Å². The van der Waals surface area contributed by atoms with Crippen molar-refractivity contribution in [2.24, 2.45) is 11.7 Å². The quantitative estimate of drug-likeness (QED) is 0.301. The van der Waals surface area contributed by atoms with Gasteiger partial charge in [0.15, 0.2) is 0 Å². The highest BCUT2D eigenvalue weighted by molar-refractivity contribution is 6.77. The molecule has 0 saturated heterocycles. The molecule has 0 amide bonds. The molecule has 0 saturated carbocycles. The lowest BCUT2D eigenvalue weighted by molar-refractivity contribution is 0.112. The molecular formula is C19H43NO2Si. The second-order valence-electron chi connectivity index (χ2n) is 8.77. The molecule has 0 bridgehead atoms. The van der Waals surface area contributed by atoms with Gasteiger partial charge in [0, 0.05) is 8.07 Å². The van der Waals surface area contributed by atoms with E-state index in [2.05, 4.69) is 26.9 Å². The van der Waals surface area contributed by atoms with Crippen LogP contribution in [0.4, 0.5) is 0 Å². The Morgan fingerprint density at radius 2 is 1.26 bits per heavy atom. The Labute approximate surface area is 146 Å². The lowest BCUT2D eigenvalue weighted by Gasteiger charge is -2.24. The molecule has 0 aromatic heterocycles. The zero-order valence-electron chi connectivity index (χ0n) is 16.2. The van der Waals surface area contributed by atoms with Crippen LogP contribution in [-0.4, -0.2) is 37.0 Å². The smallest absolute Gasteiger partial charge is 0.0633 e. The van der Waals surface area contributed by atoms with Crippen molar-refractivity contribution in [1.29, 1.82) is 0 Å². The summed E-state index contributed by atoms with van der Waals surface area (Å²) in [4.78, 5) is 0. The number of nitrogens with two attached hydrogens (primary N) is 1. The number of rotatable bonds is 15. The van der Waals surface area contributed by atoms with Gasteiger partial charge >= 0.3 is 0 Å². The monoisotopic (exact) mass is 345 g/mol. The summed E-state index contributed by atoms with van der Waals surface area (Å²) in [5.41, 5.74) is 5.09. The van der Waals surface area contributed by atoms with Crippen LogP contribution in [-0.2, 0) is 0 Å². The summed E-state index contributed by atoms with van der Waals surface area (Å²) >= 11 is 0. The highest BCUT2D eigenvalue weighted by atomic mass is 28.3. The summed E-state index contributed by atoms with van der Waals surface area (Å²) in [5, 5.41) is 18.3. The van der Waals surface area contributed by atoms with Gasteiger partial charge < -0.3 is 15.9 Å². The molecule has 0 rings (SSSR count). The van der Waals surface area contributed by atoms with Gasteiger partial charge in [-0.2, -0.15) is 0 Å². The van der Waals surface area contributed by atoms with E-state index in [1.807, 2.05) is 0 Å². The maximum absolute atomic E-state index is 9.13. The van der Waals surface area contributed by atoms with Crippen LogP contribution in [0.5, 0.6) is 0 Å². The molecule has 0 aromatic rings. The van der Waals surface area contributed by atoms with Gasteiger partial charge in [0.25, 0.3) is 0 Å². The van der Waals surface area contributed by atoms with E-state index in [4.69, 9.17) is 15.9 Å². The van der Waals surface area contributed by atoms with Crippen molar-refractivity contribution in [1.82, 2.24) is 0 Å². The number of unbranched alkanes of at least 4 members (excludes halogenated alkanes) is 7. The van der Waals surface area contributed by atoms with Gasteiger partial charge in [-0.15, -0.1) is 0 Å². The topological polar surface area (TPSA) is 66.5 Å². The molecule has 3 nitrogen and oxygen atoms in total. The summed E-state index contributed by atoms with van der Waals surface area (Å²) in [5.74, 6) is 0.862. The Hall–Kier alpha value is 0.0969. The predicted molar refractivity (Wildman–Crippen MR) is 105 cm³/mol. The van der Waals surface area contributed by atoms with Crippen LogP contribution >= 0.6 is 0 Å². The summed E-state index contributed by atoms with van der Waals surface area (Å²) < 4.78 is 0. The van der Waals surface area contributed by atoms with E-state index >= 15 is 0 Å². The van der Waals surface area contributed by atoms with Crippen molar-refractivity contribution in [3.05, 3.63) is 0 Å². The van der Waals surface area contributed by atoms with E-state index in [-0.39, 0.29) is 13.2 Å². The van der Waals surface area contributed by atoms with Crippen LogP contribution in [0, 0.1) is 5.92 Å². The summed E-state index contributed by atoms with van der Waals surface area (Å²) in [7, 11) is -0.931. The Kier molecular flexibility index (Phi) is 12.5. The second-order valence-corrected chi connectivity index (χ2v) is 14.0. The summed E-state index contributed by atoms with van der Waals surface area (Å²) in [6.07, 6.45) is 11.0. The van der Waals surface area contributed by atoms with Crippen molar-refractivity contribution < 1.29 is 10.2 Å². The van der Waals surface area contributed by atoms with Gasteiger partial charge in [-0.25, -0.2) is 0 Å². The second kappa shape index (κ2) is 12.5. The Bertz CT molecular complexity index is 279.